The van der Waals surface area contributed by atoms with Crippen LogP contribution in [0.25, 0.3) is 0 Å². The zero-order valence-electron chi connectivity index (χ0n) is 40.8. The normalized spacial score (nSPS) is 13.5. The van der Waals surface area contributed by atoms with Crippen molar-refractivity contribution in [3.05, 3.63) is 36.5 Å². The molecule has 0 spiro atoms. The third kappa shape index (κ3) is 44.5. The van der Waals surface area contributed by atoms with Crippen LogP contribution >= 0.6 is 0 Å². The molecule has 0 aromatic heterocycles. The van der Waals surface area contributed by atoms with E-state index in [1.807, 2.05) is 0 Å². The Bertz CT molecular complexity index is 1010. The lowest BCUT2D eigenvalue weighted by Gasteiger charge is -2.24. The van der Waals surface area contributed by atoms with E-state index in [0.29, 0.717) is 19.3 Å². The maximum atomic E-state index is 13.2. The Morgan fingerprint density at radius 3 is 1.33 bits per heavy atom. The van der Waals surface area contributed by atoms with E-state index in [2.05, 4.69) is 62.5 Å². The molecule has 0 bridgehead atoms. The van der Waals surface area contributed by atoms with Gasteiger partial charge in [0, 0.05) is 6.42 Å². The van der Waals surface area contributed by atoms with E-state index in [1.54, 1.807) is 0 Å². The van der Waals surface area contributed by atoms with Gasteiger partial charge in [0.2, 0.25) is 5.91 Å². The fourth-order valence-corrected chi connectivity index (χ4v) is 8.26. The van der Waals surface area contributed by atoms with Gasteiger partial charge in [0.15, 0.2) is 0 Å². The van der Waals surface area contributed by atoms with Crippen LogP contribution in [0, 0.1) is 0 Å². The van der Waals surface area contributed by atoms with Crippen molar-refractivity contribution in [3.8, 4) is 0 Å². The van der Waals surface area contributed by atoms with Gasteiger partial charge in [-0.1, -0.05) is 256 Å². The number of carbonyl (C=O) groups excluding carboxylic acids is 2. The van der Waals surface area contributed by atoms with E-state index in [-0.39, 0.29) is 24.9 Å². The standard InChI is InChI=1S/C55H103NO5/c1-4-7-10-13-16-19-22-25-27-30-33-36-39-42-45-48-55(60)61-51(46-43-40-37-34-31-28-24-21-18-15-12-9-6-3)49-54(59)56-52(50-57)53(58)47-44-41-38-35-32-29-26-23-20-17-14-11-8-5-2/h9,12,15,18,21,24,51-53,57-58H,4-8,10-11,13-14,16-17,19-20,22-23,25-50H2,1-3H3,(H,56,59)/b12-9+,18-15+,24-21+. The predicted molar refractivity (Wildman–Crippen MR) is 264 cm³/mol. The first-order valence-corrected chi connectivity index (χ1v) is 26.7. The highest BCUT2D eigenvalue weighted by Crippen LogP contribution is 2.18. The van der Waals surface area contributed by atoms with Gasteiger partial charge in [-0.3, -0.25) is 9.59 Å². The number of amides is 1. The Morgan fingerprint density at radius 2 is 0.885 bits per heavy atom. The molecule has 3 N–H and O–H groups in total. The Labute approximate surface area is 379 Å². The van der Waals surface area contributed by atoms with Crippen molar-refractivity contribution in [1.29, 1.82) is 0 Å². The molecule has 61 heavy (non-hydrogen) atoms. The molecule has 0 aromatic rings. The minimum Gasteiger partial charge on any atom is -0.462 e. The second-order valence-corrected chi connectivity index (χ2v) is 18.3. The molecule has 3 atom stereocenters. The number of aliphatic hydroxyl groups excluding tert-OH is 2. The quantitative estimate of drug-likeness (QED) is 0.0322. The number of nitrogens with one attached hydrogen (secondary N) is 1. The summed E-state index contributed by atoms with van der Waals surface area (Å²) in [5, 5.41) is 23.8. The predicted octanol–water partition coefficient (Wildman–Crippen LogP) is 16.1. The van der Waals surface area contributed by atoms with Crippen molar-refractivity contribution in [2.45, 2.75) is 296 Å². The molecule has 3 unspecified atom stereocenters. The SMILES string of the molecule is CC/C=C/C=C/C=C/CCCCCCCC(CC(=O)NC(CO)C(O)CCCCCCCCCCCCCCCC)OC(=O)CCCCCCCCCCCCCCCCC. The minimum atomic E-state index is -0.791. The number of aliphatic hydroxyl groups is 2. The summed E-state index contributed by atoms with van der Waals surface area (Å²) < 4.78 is 5.93. The lowest BCUT2D eigenvalue weighted by Crippen LogP contribution is -2.46. The van der Waals surface area contributed by atoms with Gasteiger partial charge in [-0.2, -0.15) is 0 Å². The summed E-state index contributed by atoms with van der Waals surface area (Å²) in [6.45, 7) is 6.37. The van der Waals surface area contributed by atoms with E-state index in [1.165, 1.54) is 148 Å². The molecule has 0 rings (SSSR count). The second-order valence-electron chi connectivity index (χ2n) is 18.3. The zero-order valence-corrected chi connectivity index (χ0v) is 40.8. The smallest absolute Gasteiger partial charge is 0.306 e. The molecule has 0 radical (unpaired) electrons. The van der Waals surface area contributed by atoms with Gasteiger partial charge < -0.3 is 20.3 Å². The number of allylic oxidation sites excluding steroid dienone is 6. The third-order valence-electron chi connectivity index (χ3n) is 12.3. The van der Waals surface area contributed by atoms with Gasteiger partial charge in [0.05, 0.1) is 25.2 Å². The van der Waals surface area contributed by atoms with Crippen molar-refractivity contribution in [3.63, 3.8) is 0 Å². The van der Waals surface area contributed by atoms with Gasteiger partial charge in [-0.15, -0.1) is 0 Å². The molecule has 1 amide bonds. The maximum absolute atomic E-state index is 13.2. The van der Waals surface area contributed by atoms with Gasteiger partial charge in [-0.25, -0.2) is 0 Å². The van der Waals surface area contributed by atoms with Crippen molar-refractivity contribution in [1.82, 2.24) is 5.32 Å². The van der Waals surface area contributed by atoms with E-state index in [0.717, 1.165) is 83.5 Å². The monoisotopic (exact) mass is 858 g/mol. The van der Waals surface area contributed by atoms with Gasteiger partial charge in [0.1, 0.15) is 6.10 Å². The zero-order chi connectivity index (χ0) is 44.5. The largest absolute Gasteiger partial charge is 0.462 e. The molecule has 0 aliphatic heterocycles. The minimum absolute atomic E-state index is 0.0679. The Balaban J connectivity index is 4.54. The van der Waals surface area contributed by atoms with Gasteiger partial charge in [-0.05, 0) is 44.9 Å². The van der Waals surface area contributed by atoms with Gasteiger partial charge in [0.25, 0.3) is 0 Å². The molecule has 358 valence electrons. The van der Waals surface area contributed by atoms with Crippen molar-refractivity contribution in [2.75, 3.05) is 6.61 Å². The summed E-state index contributed by atoms with van der Waals surface area (Å²) in [6.07, 6.45) is 57.8. The molecule has 0 saturated heterocycles. The summed E-state index contributed by atoms with van der Waals surface area (Å²) in [7, 11) is 0. The molecular formula is C55H103NO5. The van der Waals surface area contributed by atoms with E-state index in [9.17, 15) is 19.8 Å². The van der Waals surface area contributed by atoms with E-state index >= 15 is 0 Å². The number of unbranched alkanes of at least 4 members (excludes halogenated alkanes) is 32. The fraction of sp³-hybridized carbons (Fsp3) is 0.855. The van der Waals surface area contributed by atoms with Crippen LogP contribution in [0.5, 0.6) is 0 Å². The molecule has 0 heterocycles. The summed E-state index contributed by atoms with van der Waals surface area (Å²) in [5.41, 5.74) is 0. The summed E-state index contributed by atoms with van der Waals surface area (Å²) >= 11 is 0. The summed E-state index contributed by atoms with van der Waals surface area (Å²) in [4.78, 5) is 26.2. The molecular weight excluding hydrogens is 755 g/mol. The topological polar surface area (TPSA) is 95.9 Å². The van der Waals surface area contributed by atoms with Crippen LogP contribution in [0.2, 0.25) is 0 Å². The highest BCUT2D eigenvalue weighted by Gasteiger charge is 2.24. The van der Waals surface area contributed by atoms with Crippen LogP contribution in [0.4, 0.5) is 0 Å². The molecule has 0 aliphatic rings. The maximum Gasteiger partial charge on any atom is 0.306 e. The van der Waals surface area contributed by atoms with Crippen molar-refractivity contribution >= 4 is 11.9 Å². The number of hydrogen-bond acceptors (Lipinski definition) is 5. The number of ether oxygens (including phenoxy) is 1. The number of hydrogen-bond donors (Lipinski definition) is 3. The Hall–Kier alpha value is -1.92. The van der Waals surface area contributed by atoms with Crippen LogP contribution in [0.15, 0.2) is 36.5 Å². The third-order valence-corrected chi connectivity index (χ3v) is 12.3. The lowest BCUT2D eigenvalue weighted by molar-refractivity contribution is -0.151. The summed E-state index contributed by atoms with van der Waals surface area (Å²) in [6, 6.07) is -0.705. The van der Waals surface area contributed by atoms with Crippen molar-refractivity contribution < 1.29 is 24.5 Å². The van der Waals surface area contributed by atoms with Crippen LogP contribution in [0.1, 0.15) is 278 Å². The molecule has 0 aliphatic carbocycles. The number of rotatable bonds is 48. The average Bonchev–Trinajstić information content (AvgIpc) is 3.25. The molecule has 0 fully saturated rings. The first-order valence-electron chi connectivity index (χ1n) is 26.7. The highest BCUT2D eigenvalue weighted by molar-refractivity contribution is 5.77. The first-order chi connectivity index (χ1) is 30.0. The van der Waals surface area contributed by atoms with E-state index in [4.69, 9.17) is 4.74 Å². The Kier molecular flexibility index (Phi) is 47.6. The van der Waals surface area contributed by atoms with E-state index < -0.39 is 18.2 Å². The Morgan fingerprint density at radius 1 is 0.492 bits per heavy atom. The second kappa shape index (κ2) is 49.1. The van der Waals surface area contributed by atoms with Crippen LogP contribution in [-0.2, 0) is 14.3 Å². The van der Waals surface area contributed by atoms with Crippen molar-refractivity contribution in [2.24, 2.45) is 0 Å². The first kappa shape index (κ1) is 59.1. The molecule has 6 heteroatoms. The average molecular weight is 858 g/mol. The molecule has 6 nitrogen and oxygen atoms in total. The van der Waals surface area contributed by atoms with Crippen LogP contribution in [0.3, 0.4) is 0 Å². The lowest BCUT2D eigenvalue weighted by atomic mass is 10.0. The highest BCUT2D eigenvalue weighted by atomic mass is 16.5. The van der Waals surface area contributed by atoms with Crippen LogP contribution < -0.4 is 5.32 Å². The number of esters is 1. The van der Waals surface area contributed by atoms with Crippen LogP contribution in [-0.4, -0.2) is 46.9 Å². The van der Waals surface area contributed by atoms with Gasteiger partial charge >= 0.3 is 5.97 Å². The molecule has 0 saturated carbocycles. The molecule has 0 aromatic carbocycles. The fourth-order valence-electron chi connectivity index (χ4n) is 8.26. The summed E-state index contributed by atoms with van der Waals surface area (Å²) in [5.74, 6) is -0.482. The number of carbonyl (C=O) groups is 2.